The molecule has 0 unspecified atom stereocenters. The fourth-order valence-corrected chi connectivity index (χ4v) is 2.39. The molecule has 3 amide bonds. The highest BCUT2D eigenvalue weighted by molar-refractivity contribution is 6.07. The normalized spacial score (nSPS) is 10.1. The van der Waals surface area contributed by atoms with Gasteiger partial charge in [0, 0.05) is 11.6 Å². The molecule has 7 heteroatoms. The highest BCUT2D eigenvalue weighted by Crippen LogP contribution is 2.29. The van der Waals surface area contributed by atoms with E-state index in [2.05, 4.69) is 22.5 Å². The molecule has 28 heavy (non-hydrogen) atoms. The molecule has 0 atom stereocenters. The number of carbonyl (C=O) groups is 2. The van der Waals surface area contributed by atoms with Gasteiger partial charge in [-0.05, 0) is 44.2 Å². The summed E-state index contributed by atoms with van der Waals surface area (Å²) in [4.78, 5) is 24.6. The van der Waals surface area contributed by atoms with Crippen LogP contribution in [-0.4, -0.2) is 31.7 Å². The van der Waals surface area contributed by atoms with Crippen molar-refractivity contribution in [3.8, 4) is 11.5 Å². The molecule has 0 aliphatic heterocycles. The van der Waals surface area contributed by atoms with Crippen molar-refractivity contribution < 1.29 is 19.1 Å². The van der Waals surface area contributed by atoms with Crippen molar-refractivity contribution in [2.75, 3.05) is 24.4 Å². The minimum atomic E-state index is -0.345. The summed E-state index contributed by atoms with van der Waals surface area (Å²) in [6.45, 7) is 7.66. The van der Waals surface area contributed by atoms with Crippen LogP contribution in [0.25, 0.3) is 0 Å². The van der Waals surface area contributed by atoms with E-state index in [9.17, 15) is 9.59 Å². The zero-order chi connectivity index (χ0) is 20.5. The zero-order valence-corrected chi connectivity index (χ0v) is 16.2. The number of amides is 3. The van der Waals surface area contributed by atoms with Crippen LogP contribution in [0.2, 0.25) is 0 Å². The topological polar surface area (TPSA) is 88.7 Å². The van der Waals surface area contributed by atoms with Gasteiger partial charge in [-0.25, -0.2) is 4.79 Å². The molecule has 3 N–H and O–H groups in total. The van der Waals surface area contributed by atoms with Gasteiger partial charge in [0.25, 0.3) is 5.91 Å². The Morgan fingerprint density at radius 2 is 1.75 bits per heavy atom. The molecule has 2 rings (SSSR count). The summed E-state index contributed by atoms with van der Waals surface area (Å²) in [6, 6.07) is 11.5. The highest BCUT2D eigenvalue weighted by atomic mass is 16.5. The summed E-state index contributed by atoms with van der Waals surface area (Å²) < 4.78 is 10.8. The predicted molar refractivity (Wildman–Crippen MR) is 110 cm³/mol. The predicted octanol–water partition coefficient (Wildman–Crippen LogP) is 4.04. The van der Waals surface area contributed by atoms with Crippen LogP contribution in [0.3, 0.4) is 0 Å². The monoisotopic (exact) mass is 383 g/mol. The lowest BCUT2D eigenvalue weighted by molar-refractivity contribution is 0.102. The van der Waals surface area contributed by atoms with Gasteiger partial charge in [0.1, 0.15) is 6.61 Å². The number of hydrogen-bond acceptors (Lipinski definition) is 4. The number of methoxy groups -OCH3 is 1. The Bertz CT molecular complexity index is 849. The van der Waals surface area contributed by atoms with Gasteiger partial charge in [-0.2, -0.15) is 0 Å². The molecule has 0 aromatic heterocycles. The van der Waals surface area contributed by atoms with E-state index in [-0.39, 0.29) is 18.0 Å². The van der Waals surface area contributed by atoms with Crippen LogP contribution in [0.4, 0.5) is 16.2 Å². The van der Waals surface area contributed by atoms with Gasteiger partial charge in [-0.1, -0.05) is 24.8 Å². The number of anilines is 2. The van der Waals surface area contributed by atoms with Gasteiger partial charge in [0.05, 0.1) is 18.5 Å². The lowest BCUT2D eigenvalue weighted by Gasteiger charge is -2.15. The van der Waals surface area contributed by atoms with Crippen LogP contribution in [0.5, 0.6) is 11.5 Å². The fourth-order valence-electron chi connectivity index (χ4n) is 2.39. The molecule has 148 valence electrons. The van der Waals surface area contributed by atoms with E-state index in [1.807, 2.05) is 13.8 Å². The molecule has 2 aromatic carbocycles. The number of ether oxygens (including phenoxy) is 2. The van der Waals surface area contributed by atoms with E-state index in [1.165, 1.54) is 7.11 Å². The van der Waals surface area contributed by atoms with Crippen LogP contribution in [0.15, 0.2) is 55.1 Å². The van der Waals surface area contributed by atoms with Crippen molar-refractivity contribution in [2.24, 2.45) is 0 Å². The summed E-state index contributed by atoms with van der Waals surface area (Å²) in [5.74, 6) is 0.621. The molecule has 0 fully saturated rings. The molecule has 0 radical (unpaired) electrons. The maximum Gasteiger partial charge on any atom is 0.319 e. The number of benzene rings is 2. The van der Waals surface area contributed by atoms with Crippen molar-refractivity contribution in [1.82, 2.24) is 5.32 Å². The second kappa shape index (κ2) is 10.0. The van der Waals surface area contributed by atoms with E-state index in [0.29, 0.717) is 35.0 Å². The average Bonchev–Trinajstić information content (AvgIpc) is 2.67. The van der Waals surface area contributed by atoms with Gasteiger partial charge < -0.3 is 25.4 Å². The minimum Gasteiger partial charge on any atom is -0.493 e. The molecule has 0 bridgehead atoms. The molecule has 0 saturated carbocycles. The fraction of sp³-hybridized carbons (Fsp3) is 0.238. The number of rotatable bonds is 8. The Labute approximate surface area is 164 Å². The Balaban J connectivity index is 2.16. The van der Waals surface area contributed by atoms with Crippen molar-refractivity contribution in [3.05, 3.63) is 60.7 Å². The molecule has 0 aliphatic rings. The zero-order valence-electron chi connectivity index (χ0n) is 16.2. The second-order valence-corrected chi connectivity index (χ2v) is 6.22. The lowest BCUT2D eigenvalue weighted by atomic mass is 10.1. The average molecular weight is 383 g/mol. The van der Waals surface area contributed by atoms with E-state index < -0.39 is 0 Å². The molecule has 0 saturated heterocycles. The molecule has 7 nitrogen and oxygen atoms in total. The molecular formula is C21H25N3O4. The third-order valence-corrected chi connectivity index (χ3v) is 3.63. The molecule has 0 aliphatic carbocycles. The maximum absolute atomic E-state index is 12.7. The van der Waals surface area contributed by atoms with Crippen molar-refractivity contribution in [1.29, 1.82) is 0 Å². The van der Waals surface area contributed by atoms with Gasteiger partial charge in [0.15, 0.2) is 11.5 Å². The van der Waals surface area contributed by atoms with Crippen LogP contribution < -0.4 is 25.4 Å². The summed E-state index contributed by atoms with van der Waals surface area (Å²) in [7, 11) is 1.50. The molecule has 0 heterocycles. The maximum atomic E-state index is 12.7. The first-order chi connectivity index (χ1) is 13.4. The van der Waals surface area contributed by atoms with Gasteiger partial charge in [-0.15, -0.1) is 0 Å². The van der Waals surface area contributed by atoms with E-state index >= 15 is 0 Å². The van der Waals surface area contributed by atoms with Gasteiger partial charge in [0.2, 0.25) is 0 Å². The Hall–Kier alpha value is -3.48. The third-order valence-electron chi connectivity index (χ3n) is 3.63. The number of carbonyl (C=O) groups excluding carboxylic acids is 2. The highest BCUT2D eigenvalue weighted by Gasteiger charge is 2.14. The number of nitrogens with one attached hydrogen (secondary N) is 3. The van der Waals surface area contributed by atoms with Gasteiger partial charge in [-0.3, -0.25) is 4.79 Å². The third kappa shape index (κ3) is 5.77. The summed E-state index contributed by atoms with van der Waals surface area (Å²) in [5.41, 5.74) is 1.37. The Morgan fingerprint density at radius 1 is 1.07 bits per heavy atom. The molecule has 2 aromatic rings. The standard InChI is InChI=1S/C21H25N3O4/c1-5-12-28-18-11-10-15(13-19(18)27-4)20(25)23-16-8-6-7-9-17(16)24-21(26)22-14(2)3/h5-11,13-14H,1,12H2,2-4H3,(H,23,25)(H2,22,24,26). The minimum absolute atomic E-state index is 0.00367. The largest absolute Gasteiger partial charge is 0.493 e. The summed E-state index contributed by atoms with van der Waals surface area (Å²) in [6.07, 6.45) is 1.62. The summed E-state index contributed by atoms with van der Waals surface area (Å²) in [5, 5.41) is 8.28. The van der Waals surface area contributed by atoms with Crippen LogP contribution in [0.1, 0.15) is 24.2 Å². The van der Waals surface area contributed by atoms with Crippen molar-refractivity contribution in [3.63, 3.8) is 0 Å². The van der Waals surface area contributed by atoms with E-state index in [0.717, 1.165) is 0 Å². The van der Waals surface area contributed by atoms with Crippen molar-refractivity contribution >= 4 is 23.3 Å². The molecular weight excluding hydrogens is 358 g/mol. The first-order valence-corrected chi connectivity index (χ1v) is 8.84. The Kier molecular flexibility index (Phi) is 7.45. The number of hydrogen-bond donors (Lipinski definition) is 3. The SMILES string of the molecule is C=CCOc1ccc(C(=O)Nc2ccccc2NC(=O)NC(C)C)cc1OC. The Morgan fingerprint density at radius 3 is 2.36 bits per heavy atom. The molecule has 0 spiro atoms. The van der Waals surface area contributed by atoms with Crippen LogP contribution in [-0.2, 0) is 0 Å². The summed E-state index contributed by atoms with van der Waals surface area (Å²) >= 11 is 0. The second-order valence-electron chi connectivity index (χ2n) is 6.22. The van der Waals surface area contributed by atoms with Crippen LogP contribution in [0, 0.1) is 0 Å². The quantitative estimate of drug-likeness (QED) is 0.600. The van der Waals surface area contributed by atoms with Crippen molar-refractivity contribution in [2.45, 2.75) is 19.9 Å². The number of para-hydroxylation sites is 2. The van der Waals surface area contributed by atoms with Gasteiger partial charge >= 0.3 is 6.03 Å². The van der Waals surface area contributed by atoms with Crippen LogP contribution >= 0.6 is 0 Å². The smallest absolute Gasteiger partial charge is 0.319 e. The van der Waals surface area contributed by atoms with E-state index in [1.54, 1.807) is 48.5 Å². The first-order valence-electron chi connectivity index (χ1n) is 8.84. The first kappa shape index (κ1) is 20.8. The van der Waals surface area contributed by atoms with E-state index in [4.69, 9.17) is 9.47 Å². The number of urea groups is 1. The lowest BCUT2D eigenvalue weighted by Crippen LogP contribution is -2.34.